The molecule has 0 spiro atoms. The van der Waals surface area contributed by atoms with Gasteiger partial charge in [0.1, 0.15) is 11.9 Å². The van der Waals surface area contributed by atoms with E-state index in [1.54, 1.807) is 24.5 Å². The third kappa shape index (κ3) is 5.05. The quantitative estimate of drug-likeness (QED) is 0.620. The summed E-state index contributed by atoms with van der Waals surface area (Å²) >= 11 is 0. The van der Waals surface area contributed by atoms with Crippen molar-refractivity contribution >= 4 is 6.09 Å². The molecule has 1 amide bonds. The molecule has 1 N–H and O–H groups in total. The molecular weight excluding hydrogens is 347 g/mol. The first-order valence-corrected chi connectivity index (χ1v) is 8.91. The molecule has 1 aliphatic rings. The maximum atomic E-state index is 13.6. The third-order valence-corrected chi connectivity index (χ3v) is 4.13. The molecular formula is C21H21FN2O3. The molecule has 0 unspecified atom stereocenters. The van der Waals surface area contributed by atoms with Gasteiger partial charge in [0.05, 0.1) is 0 Å². The van der Waals surface area contributed by atoms with Gasteiger partial charge >= 0.3 is 6.09 Å². The number of pyridine rings is 1. The zero-order valence-corrected chi connectivity index (χ0v) is 15.1. The lowest BCUT2D eigenvalue weighted by molar-refractivity contribution is 0.132. The lowest BCUT2D eigenvalue weighted by Gasteiger charge is -2.17. The van der Waals surface area contributed by atoms with E-state index >= 15 is 0 Å². The van der Waals surface area contributed by atoms with E-state index in [2.05, 4.69) is 22.1 Å². The minimum atomic E-state index is -0.621. The van der Waals surface area contributed by atoms with Crippen LogP contribution in [0.4, 0.5) is 9.18 Å². The third-order valence-electron chi connectivity index (χ3n) is 4.13. The molecule has 5 nitrogen and oxygen atoms in total. The van der Waals surface area contributed by atoms with Crippen LogP contribution in [0.2, 0.25) is 0 Å². The number of unbranched alkanes of at least 4 members (excludes halogenated alkanes) is 1. The first kappa shape index (κ1) is 18.9. The largest absolute Gasteiger partial charge is 0.439 e. The fourth-order valence-electron chi connectivity index (χ4n) is 2.89. The Labute approximate surface area is 157 Å². The number of hydrogen-bond donors (Lipinski definition) is 1. The topological polar surface area (TPSA) is 60.5 Å². The molecule has 1 fully saturated rings. The Morgan fingerprint density at radius 1 is 1.30 bits per heavy atom. The number of carbonyl (C=O) groups is 1. The predicted octanol–water partition coefficient (Wildman–Crippen LogP) is 3.91. The number of ether oxygens (including phenoxy) is 2. The molecule has 1 saturated heterocycles. The summed E-state index contributed by atoms with van der Waals surface area (Å²) in [5.41, 5.74) is 2.10. The van der Waals surface area contributed by atoms with Gasteiger partial charge in [0.25, 0.3) is 0 Å². The smallest absolute Gasteiger partial charge is 0.408 e. The summed E-state index contributed by atoms with van der Waals surface area (Å²) in [5.74, 6) is 5.80. The van der Waals surface area contributed by atoms with Crippen LogP contribution >= 0.6 is 0 Å². The summed E-state index contributed by atoms with van der Waals surface area (Å²) in [6.07, 6.45) is 3.78. The second-order valence-electron chi connectivity index (χ2n) is 6.11. The molecule has 1 aromatic carbocycles. The fourth-order valence-corrected chi connectivity index (χ4v) is 2.89. The lowest BCUT2D eigenvalue weighted by atomic mass is 9.97. The van der Waals surface area contributed by atoms with Gasteiger partial charge in [-0.2, -0.15) is 0 Å². The number of alkyl carbamates (subject to hydrolysis) is 1. The van der Waals surface area contributed by atoms with Crippen molar-refractivity contribution in [3.05, 3.63) is 65.2 Å². The number of carbonyl (C=O) groups excluding carboxylic acids is 1. The normalized spacial score (nSPS) is 18.4. The van der Waals surface area contributed by atoms with E-state index in [-0.39, 0.29) is 5.82 Å². The lowest BCUT2D eigenvalue weighted by Crippen LogP contribution is -2.19. The Hall–Kier alpha value is -2.91. The molecule has 0 aliphatic carbocycles. The summed E-state index contributed by atoms with van der Waals surface area (Å²) < 4.78 is 24.2. The molecule has 3 rings (SSSR count). The fraction of sp³-hybridized carbons (Fsp3) is 0.333. The molecule has 2 aromatic rings. The van der Waals surface area contributed by atoms with Gasteiger partial charge in [-0.3, -0.25) is 4.98 Å². The van der Waals surface area contributed by atoms with Crippen molar-refractivity contribution in [2.75, 3.05) is 13.2 Å². The monoisotopic (exact) mass is 368 g/mol. The molecule has 140 valence electrons. The first-order chi connectivity index (χ1) is 13.2. The minimum absolute atomic E-state index is 0.376. The molecule has 0 saturated carbocycles. The first-order valence-electron chi connectivity index (χ1n) is 8.91. The zero-order valence-electron chi connectivity index (χ0n) is 15.1. The number of benzene rings is 1. The van der Waals surface area contributed by atoms with Crippen molar-refractivity contribution in [3.8, 4) is 11.8 Å². The van der Waals surface area contributed by atoms with Crippen LogP contribution in [0.15, 0.2) is 42.7 Å². The van der Waals surface area contributed by atoms with Crippen molar-refractivity contribution in [1.29, 1.82) is 0 Å². The predicted molar refractivity (Wildman–Crippen MR) is 98.3 cm³/mol. The van der Waals surface area contributed by atoms with Crippen LogP contribution in [-0.2, 0) is 9.47 Å². The van der Waals surface area contributed by atoms with Crippen LogP contribution < -0.4 is 5.32 Å². The number of nitrogens with one attached hydrogen (secondary N) is 1. The zero-order chi connectivity index (χ0) is 19.1. The van der Waals surface area contributed by atoms with Crippen molar-refractivity contribution in [1.82, 2.24) is 10.3 Å². The van der Waals surface area contributed by atoms with Gasteiger partial charge in [-0.1, -0.05) is 24.0 Å². The van der Waals surface area contributed by atoms with Crippen LogP contribution in [0.1, 0.15) is 48.6 Å². The highest BCUT2D eigenvalue weighted by Gasteiger charge is 2.36. The van der Waals surface area contributed by atoms with Gasteiger partial charge in [0, 0.05) is 37.6 Å². The Morgan fingerprint density at radius 3 is 3.00 bits per heavy atom. The Bertz CT molecular complexity index is 860. The van der Waals surface area contributed by atoms with Crippen molar-refractivity contribution in [2.45, 2.75) is 31.9 Å². The molecule has 2 atom stereocenters. The van der Waals surface area contributed by atoms with Gasteiger partial charge in [-0.25, -0.2) is 9.18 Å². The number of cyclic esters (lactones) is 1. The van der Waals surface area contributed by atoms with Crippen LogP contribution in [0.25, 0.3) is 0 Å². The second-order valence-corrected chi connectivity index (χ2v) is 6.11. The van der Waals surface area contributed by atoms with Gasteiger partial charge in [0.2, 0.25) is 0 Å². The molecule has 27 heavy (non-hydrogen) atoms. The van der Waals surface area contributed by atoms with E-state index in [9.17, 15) is 9.18 Å². The van der Waals surface area contributed by atoms with Gasteiger partial charge < -0.3 is 14.8 Å². The molecule has 1 aromatic heterocycles. The van der Waals surface area contributed by atoms with Crippen LogP contribution in [0.5, 0.6) is 0 Å². The van der Waals surface area contributed by atoms with Gasteiger partial charge in [-0.05, 0) is 42.7 Å². The number of amides is 1. The summed E-state index contributed by atoms with van der Waals surface area (Å²) in [6, 6.07) is 7.47. The van der Waals surface area contributed by atoms with Crippen molar-refractivity contribution in [3.63, 3.8) is 0 Å². The SMILES string of the molecule is CCOCCCC#Cc1cncc([C@H]2NC(=O)O[C@@H]2c2cccc(F)c2)c1. The molecule has 0 radical (unpaired) electrons. The average Bonchev–Trinajstić information content (AvgIpc) is 3.07. The van der Waals surface area contributed by atoms with Crippen LogP contribution in [-0.4, -0.2) is 24.3 Å². The standard InChI is InChI=1S/C21H21FN2O3/c1-2-26-10-5-3-4-7-15-11-17(14-23-13-15)19-20(27-21(25)24-19)16-8-6-9-18(22)12-16/h6,8-9,11-14,19-20H,2-3,5,10H2,1H3,(H,24,25)/t19-,20-/m1/s1. The highest BCUT2D eigenvalue weighted by atomic mass is 19.1. The summed E-state index contributed by atoms with van der Waals surface area (Å²) in [5, 5.41) is 2.77. The number of aromatic nitrogens is 1. The van der Waals surface area contributed by atoms with E-state index in [0.29, 0.717) is 18.8 Å². The minimum Gasteiger partial charge on any atom is -0.439 e. The maximum absolute atomic E-state index is 13.6. The van der Waals surface area contributed by atoms with E-state index < -0.39 is 18.2 Å². The summed E-state index contributed by atoms with van der Waals surface area (Å²) in [7, 11) is 0. The molecule has 0 bridgehead atoms. The number of hydrogen-bond acceptors (Lipinski definition) is 4. The number of nitrogens with zero attached hydrogens (tertiary/aromatic N) is 1. The highest BCUT2D eigenvalue weighted by Crippen LogP contribution is 2.36. The van der Waals surface area contributed by atoms with Crippen LogP contribution in [0, 0.1) is 17.7 Å². The molecule has 2 heterocycles. The average molecular weight is 368 g/mol. The Balaban J connectivity index is 1.75. The van der Waals surface area contributed by atoms with E-state index in [1.165, 1.54) is 12.1 Å². The second kappa shape index (κ2) is 9.15. The van der Waals surface area contributed by atoms with Crippen molar-refractivity contribution in [2.24, 2.45) is 0 Å². The van der Waals surface area contributed by atoms with E-state index in [0.717, 1.165) is 24.0 Å². The molecule has 1 aliphatic heterocycles. The number of rotatable bonds is 6. The summed E-state index contributed by atoms with van der Waals surface area (Å²) in [4.78, 5) is 16.0. The Morgan fingerprint density at radius 2 is 2.19 bits per heavy atom. The maximum Gasteiger partial charge on any atom is 0.408 e. The van der Waals surface area contributed by atoms with Crippen LogP contribution in [0.3, 0.4) is 0 Å². The Kier molecular flexibility index (Phi) is 6.39. The van der Waals surface area contributed by atoms with Crippen molar-refractivity contribution < 1.29 is 18.7 Å². The summed E-state index contributed by atoms with van der Waals surface area (Å²) in [6.45, 7) is 3.37. The number of halogens is 1. The van der Waals surface area contributed by atoms with E-state index in [1.807, 2.05) is 13.0 Å². The van der Waals surface area contributed by atoms with E-state index in [4.69, 9.17) is 9.47 Å². The highest BCUT2D eigenvalue weighted by molar-refractivity contribution is 5.71. The van der Waals surface area contributed by atoms with Gasteiger partial charge in [0.15, 0.2) is 6.10 Å². The van der Waals surface area contributed by atoms with Gasteiger partial charge in [-0.15, -0.1) is 0 Å². The molecule has 6 heteroatoms.